The molecular formula is C14H15N3O2. The molecule has 1 atom stereocenters. The van der Waals surface area contributed by atoms with Crippen molar-refractivity contribution in [3.63, 3.8) is 0 Å². The quantitative estimate of drug-likeness (QED) is 0.835. The van der Waals surface area contributed by atoms with Gasteiger partial charge in [-0.15, -0.1) is 0 Å². The fourth-order valence-electron chi connectivity index (χ4n) is 2.47. The Labute approximate surface area is 110 Å². The lowest BCUT2D eigenvalue weighted by atomic mass is 10.0. The van der Waals surface area contributed by atoms with E-state index in [0.717, 1.165) is 0 Å². The molecule has 0 bridgehead atoms. The summed E-state index contributed by atoms with van der Waals surface area (Å²) in [7, 11) is 0. The molecule has 0 saturated heterocycles. The number of nitrogens with zero attached hydrogens (tertiary/aromatic N) is 2. The van der Waals surface area contributed by atoms with E-state index in [1.54, 1.807) is 12.1 Å². The third kappa shape index (κ3) is 1.82. The van der Waals surface area contributed by atoms with E-state index in [2.05, 4.69) is 10.3 Å². The molecule has 19 heavy (non-hydrogen) atoms. The van der Waals surface area contributed by atoms with Crippen LogP contribution in [0.5, 0.6) is 0 Å². The Hall–Kier alpha value is -2.17. The lowest BCUT2D eigenvalue weighted by Gasteiger charge is -2.29. The van der Waals surface area contributed by atoms with Gasteiger partial charge in [0.15, 0.2) is 0 Å². The summed E-state index contributed by atoms with van der Waals surface area (Å²) in [5.74, 6) is 0.701. The predicted molar refractivity (Wildman–Crippen MR) is 71.7 cm³/mol. The Morgan fingerprint density at radius 3 is 2.79 bits per heavy atom. The first-order valence-electron chi connectivity index (χ1n) is 6.37. The molecule has 1 aromatic carbocycles. The fraction of sp³-hybridized carbons (Fsp3) is 0.357. The van der Waals surface area contributed by atoms with Crippen LogP contribution in [0.3, 0.4) is 0 Å². The zero-order valence-corrected chi connectivity index (χ0v) is 10.9. The minimum atomic E-state index is -0.210. The molecule has 0 fully saturated rings. The average molecular weight is 257 g/mol. The number of carbonyl (C=O) groups excluding carboxylic acids is 1. The number of fused-ring (bicyclic) bond motifs is 2. The molecule has 1 aliphatic heterocycles. The van der Waals surface area contributed by atoms with Crippen molar-refractivity contribution in [3.8, 4) is 0 Å². The smallest absolute Gasteiger partial charge is 0.261 e. The number of rotatable bonds is 1. The second-order valence-corrected chi connectivity index (χ2v) is 5.17. The SMILES string of the molecule is CC(C)[C@@H]1NC(=O)Cn2c1nc1ccccc1c2=O. The van der Waals surface area contributed by atoms with Crippen LogP contribution >= 0.6 is 0 Å². The number of carbonyl (C=O) groups is 1. The van der Waals surface area contributed by atoms with Crippen molar-refractivity contribution in [2.75, 3.05) is 0 Å². The maximum atomic E-state index is 12.4. The second-order valence-electron chi connectivity index (χ2n) is 5.17. The number of hydrogen-bond donors (Lipinski definition) is 1. The molecule has 2 heterocycles. The third-order valence-electron chi connectivity index (χ3n) is 3.45. The first-order valence-corrected chi connectivity index (χ1v) is 6.37. The molecule has 98 valence electrons. The van der Waals surface area contributed by atoms with Gasteiger partial charge in [-0.25, -0.2) is 4.98 Å². The normalized spacial score (nSPS) is 18.5. The topological polar surface area (TPSA) is 64.0 Å². The van der Waals surface area contributed by atoms with Crippen LogP contribution in [0.4, 0.5) is 0 Å². The molecule has 5 heteroatoms. The number of amides is 1. The van der Waals surface area contributed by atoms with Gasteiger partial charge in [0.1, 0.15) is 12.4 Å². The van der Waals surface area contributed by atoms with Gasteiger partial charge >= 0.3 is 0 Å². The summed E-state index contributed by atoms with van der Waals surface area (Å²) in [6, 6.07) is 7.03. The number of para-hydroxylation sites is 1. The minimum Gasteiger partial charge on any atom is -0.344 e. The highest BCUT2D eigenvalue weighted by Gasteiger charge is 2.29. The van der Waals surface area contributed by atoms with Crippen molar-refractivity contribution in [2.24, 2.45) is 5.92 Å². The summed E-state index contributed by atoms with van der Waals surface area (Å²) in [4.78, 5) is 28.7. The lowest BCUT2D eigenvalue weighted by Crippen LogP contribution is -2.45. The van der Waals surface area contributed by atoms with E-state index < -0.39 is 0 Å². The predicted octanol–water partition coefficient (Wildman–Crippen LogP) is 1.22. The number of aromatic nitrogens is 2. The largest absolute Gasteiger partial charge is 0.344 e. The van der Waals surface area contributed by atoms with Crippen LogP contribution in [0.2, 0.25) is 0 Å². The Balaban J connectivity index is 2.33. The third-order valence-corrected chi connectivity index (χ3v) is 3.45. The van der Waals surface area contributed by atoms with Crippen LogP contribution in [0.15, 0.2) is 29.1 Å². The highest BCUT2D eigenvalue weighted by atomic mass is 16.2. The van der Waals surface area contributed by atoms with Gasteiger partial charge in [-0.2, -0.15) is 0 Å². The fourth-order valence-corrected chi connectivity index (χ4v) is 2.47. The van der Waals surface area contributed by atoms with Crippen LogP contribution in [0.25, 0.3) is 10.9 Å². The minimum absolute atomic E-state index is 0.0508. The lowest BCUT2D eigenvalue weighted by molar-refractivity contribution is -0.124. The van der Waals surface area contributed by atoms with Gasteiger partial charge in [-0.05, 0) is 18.1 Å². The molecule has 1 aliphatic rings. The van der Waals surface area contributed by atoms with E-state index in [9.17, 15) is 9.59 Å². The molecule has 0 saturated carbocycles. The Morgan fingerprint density at radius 1 is 1.32 bits per heavy atom. The summed E-state index contributed by atoms with van der Waals surface area (Å²) >= 11 is 0. The molecule has 0 radical (unpaired) electrons. The van der Waals surface area contributed by atoms with Gasteiger partial charge in [0.2, 0.25) is 5.91 Å². The van der Waals surface area contributed by atoms with E-state index in [0.29, 0.717) is 16.7 Å². The van der Waals surface area contributed by atoms with Gasteiger partial charge in [0, 0.05) is 0 Å². The molecule has 3 rings (SSSR count). The summed E-state index contributed by atoms with van der Waals surface area (Å²) in [5.41, 5.74) is 0.543. The van der Waals surface area contributed by atoms with Crippen LogP contribution < -0.4 is 10.9 Å². The monoisotopic (exact) mass is 257 g/mol. The molecule has 1 aromatic heterocycles. The van der Waals surface area contributed by atoms with E-state index in [-0.39, 0.29) is 30.0 Å². The molecule has 0 spiro atoms. The number of nitrogens with one attached hydrogen (secondary N) is 1. The van der Waals surface area contributed by atoms with Crippen LogP contribution in [-0.2, 0) is 11.3 Å². The highest BCUT2D eigenvalue weighted by Crippen LogP contribution is 2.23. The molecule has 1 amide bonds. The molecule has 5 nitrogen and oxygen atoms in total. The zero-order chi connectivity index (χ0) is 13.6. The first-order chi connectivity index (χ1) is 9.08. The standard InChI is InChI=1S/C14H15N3O2/c1-8(2)12-13-15-10-6-4-3-5-9(10)14(19)17(13)7-11(18)16-12/h3-6,8,12H,7H2,1-2H3,(H,16,18)/t12-/m0/s1. The Kier molecular flexibility index (Phi) is 2.62. The van der Waals surface area contributed by atoms with E-state index in [1.165, 1.54) is 4.57 Å². The first kappa shape index (κ1) is 11.9. The van der Waals surface area contributed by atoms with Gasteiger partial charge in [-0.3, -0.25) is 14.2 Å². The molecule has 1 N–H and O–H groups in total. The summed E-state index contributed by atoms with van der Waals surface area (Å²) < 4.78 is 1.49. The van der Waals surface area contributed by atoms with Gasteiger partial charge in [-0.1, -0.05) is 26.0 Å². The average Bonchev–Trinajstić information content (AvgIpc) is 2.39. The second kappa shape index (κ2) is 4.19. The number of benzene rings is 1. The maximum Gasteiger partial charge on any atom is 0.261 e. The van der Waals surface area contributed by atoms with Gasteiger partial charge in [0.05, 0.1) is 16.9 Å². The van der Waals surface area contributed by atoms with Crippen LogP contribution in [0.1, 0.15) is 25.7 Å². The molecule has 2 aromatic rings. The summed E-state index contributed by atoms with van der Waals surface area (Å²) in [6.07, 6.45) is 0. The highest BCUT2D eigenvalue weighted by molar-refractivity contribution is 5.80. The maximum absolute atomic E-state index is 12.4. The summed E-state index contributed by atoms with van der Waals surface area (Å²) in [5, 5.41) is 3.46. The van der Waals surface area contributed by atoms with Crippen molar-refractivity contribution in [1.29, 1.82) is 0 Å². The summed E-state index contributed by atoms with van der Waals surface area (Å²) in [6.45, 7) is 4.05. The van der Waals surface area contributed by atoms with Gasteiger partial charge < -0.3 is 5.32 Å². The Bertz CT molecular complexity index is 718. The van der Waals surface area contributed by atoms with E-state index >= 15 is 0 Å². The number of hydrogen-bond acceptors (Lipinski definition) is 3. The molecule has 0 aliphatic carbocycles. The van der Waals surface area contributed by atoms with Crippen LogP contribution in [-0.4, -0.2) is 15.5 Å². The van der Waals surface area contributed by atoms with Crippen molar-refractivity contribution in [2.45, 2.75) is 26.4 Å². The van der Waals surface area contributed by atoms with E-state index in [1.807, 2.05) is 26.0 Å². The Morgan fingerprint density at radius 2 is 2.05 bits per heavy atom. The van der Waals surface area contributed by atoms with Crippen molar-refractivity contribution in [3.05, 3.63) is 40.4 Å². The van der Waals surface area contributed by atoms with E-state index in [4.69, 9.17) is 0 Å². The zero-order valence-electron chi connectivity index (χ0n) is 10.9. The molecular weight excluding hydrogens is 242 g/mol. The van der Waals surface area contributed by atoms with Gasteiger partial charge in [0.25, 0.3) is 5.56 Å². The van der Waals surface area contributed by atoms with Crippen LogP contribution in [0, 0.1) is 5.92 Å². The van der Waals surface area contributed by atoms with Crippen molar-refractivity contribution in [1.82, 2.24) is 14.9 Å². The molecule has 0 unspecified atom stereocenters. The van der Waals surface area contributed by atoms with Crippen molar-refractivity contribution >= 4 is 16.8 Å². The van der Waals surface area contributed by atoms with Crippen molar-refractivity contribution < 1.29 is 4.79 Å².